The molecule has 21 heavy (non-hydrogen) atoms. The molecule has 0 radical (unpaired) electrons. The molecule has 0 fully saturated rings. The van der Waals surface area contributed by atoms with Gasteiger partial charge in [0.1, 0.15) is 5.60 Å². The molecule has 0 aromatic carbocycles. The summed E-state index contributed by atoms with van der Waals surface area (Å²) in [4.78, 5) is 24.9. The van der Waals surface area contributed by atoms with Crippen LogP contribution < -0.4 is 5.32 Å². The van der Waals surface area contributed by atoms with Crippen LogP contribution in [-0.4, -0.2) is 46.5 Å². The predicted octanol–water partition coefficient (Wildman–Crippen LogP) is 1.88. The number of hydrogen-bond donors (Lipinski definition) is 2. The maximum absolute atomic E-state index is 12.0. The van der Waals surface area contributed by atoms with E-state index in [-0.39, 0.29) is 6.09 Å². The van der Waals surface area contributed by atoms with Crippen LogP contribution in [0.1, 0.15) is 32.0 Å². The van der Waals surface area contributed by atoms with Gasteiger partial charge >= 0.3 is 12.2 Å². The van der Waals surface area contributed by atoms with E-state index in [0.717, 1.165) is 11.3 Å². The van der Waals surface area contributed by atoms with Gasteiger partial charge in [-0.1, -0.05) is 0 Å². The molecule has 0 atom stereocenters. The van der Waals surface area contributed by atoms with Crippen LogP contribution in [0, 0.1) is 0 Å². The quantitative estimate of drug-likeness (QED) is 0.824. The Hall–Kier alpha value is -2.25. The Bertz CT molecular complexity index is 547. The minimum absolute atomic E-state index is 0.356. The van der Waals surface area contributed by atoms with Crippen LogP contribution in [0.5, 0.6) is 0 Å². The standard InChI is InChI=1S/C13H20N4O4/c1-13(2,3)21-12(19)17-6-5-8-9(7-17)15-16-10(8)14-11(18)20-4/h5-7H2,1-4H3,(H2,14,15,16,18). The first-order valence-corrected chi connectivity index (χ1v) is 6.69. The average Bonchev–Trinajstić information content (AvgIpc) is 2.79. The molecule has 0 saturated heterocycles. The molecule has 116 valence electrons. The van der Waals surface area contributed by atoms with Gasteiger partial charge in [-0.3, -0.25) is 10.4 Å². The maximum Gasteiger partial charge on any atom is 0.412 e. The Balaban J connectivity index is 2.05. The number of H-pyrrole nitrogens is 1. The lowest BCUT2D eigenvalue weighted by Gasteiger charge is -2.29. The largest absolute Gasteiger partial charge is 0.453 e. The van der Waals surface area contributed by atoms with Gasteiger partial charge in [0.2, 0.25) is 0 Å². The van der Waals surface area contributed by atoms with Crippen molar-refractivity contribution in [1.29, 1.82) is 0 Å². The van der Waals surface area contributed by atoms with Gasteiger partial charge in [0.05, 0.1) is 19.3 Å². The average molecular weight is 296 g/mol. The number of methoxy groups -OCH3 is 1. The van der Waals surface area contributed by atoms with Gasteiger partial charge in [-0.2, -0.15) is 5.10 Å². The summed E-state index contributed by atoms with van der Waals surface area (Å²) in [5.74, 6) is 0.445. The number of carbonyl (C=O) groups is 2. The second-order valence-corrected chi connectivity index (χ2v) is 5.80. The van der Waals surface area contributed by atoms with E-state index in [2.05, 4.69) is 20.3 Å². The summed E-state index contributed by atoms with van der Waals surface area (Å²) in [6.45, 7) is 6.37. The summed E-state index contributed by atoms with van der Waals surface area (Å²) in [6, 6.07) is 0. The number of ether oxygens (including phenoxy) is 2. The van der Waals surface area contributed by atoms with Gasteiger partial charge in [-0.15, -0.1) is 0 Å². The summed E-state index contributed by atoms with van der Waals surface area (Å²) in [7, 11) is 1.29. The second kappa shape index (κ2) is 5.63. The van der Waals surface area contributed by atoms with Crippen LogP contribution in [0.2, 0.25) is 0 Å². The molecule has 0 saturated carbocycles. The SMILES string of the molecule is COC(=O)Nc1n[nH]c2c1CCN(C(=O)OC(C)(C)C)C2. The van der Waals surface area contributed by atoms with Crippen molar-refractivity contribution in [1.82, 2.24) is 15.1 Å². The number of nitrogens with one attached hydrogen (secondary N) is 2. The smallest absolute Gasteiger partial charge is 0.412 e. The molecule has 0 aliphatic carbocycles. The van der Waals surface area contributed by atoms with Gasteiger partial charge in [0, 0.05) is 12.1 Å². The molecular formula is C13H20N4O4. The molecule has 0 spiro atoms. The number of rotatable bonds is 1. The summed E-state index contributed by atoms with van der Waals surface area (Å²) >= 11 is 0. The van der Waals surface area contributed by atoms with E-state index < -0.39 is 11.7 Å². The lowest BCUT2D eigenvalue weighted by atomic mass is 10.1. The third-order valence-corrected chi connectivity index (χ3v) is 2.99. The molecule has 2 N–H and O–H groups in total. The van der Waals surface area contributed by atoms with Gasteiger partial charge < -0.3 is 14.4 Å². The minimum atomic E-state index is -0.570. The molecule has 1 aromatic rings. The first-order valence-electron chi connectivity index (χ1n) is 6.69. The number of aromatic nitrogens is 2. The minimum Gasteiger partial charge on any atom is -0.453 e. The fourth-order valence-corrected chi connectivity index (χ4v) is 2.05. The summed E-state index contributed by atoms with van der Waals surface area (Å²) < 4.78 is 9.88. The number of anilines is 1. The van der Waals surface area contributed by atoms with Crippen LogP contribution in [-0.2, 0) is 22.4 Å². The van der Waals surface area contributed by atoms with Crippen molar-refractivity contribution in [3.63, 3.8) is 0 Å². The third kappa shape index (κ3) is 3.65. The number of amides is 2. The van der Waals surface area contributed by atoms with Gasteiger partial charge in [0.25, 0.3) is 0 Å². The molecule has 8 nitrogen and oxygen atoms in total. The van der Waals surface area contributed by atoms with E-state index in [1.807, 2.05) is 20.8 Å². The molecule has 2 amide bonds. The molecule has 0 bridgehead atoms. The Morgan fingerprint density at radius 3 is 2.71 bits per heavy atom. The van der Waals surface area contributed by atoms with Crippen LogP contribution >= 0.6 is 0 Å². The fraction of sp³-hybridized carbons (Fsp3) is 0.615. The lowest BCUT2D eigenvalue weighted by molar-refractivity contribution is 0.0221. The number of fused-ring (bicyclic) bond motifs is 1. The highest BCUT2D eigenvalue weighted by Gasteiger charge is 2.28. The summed E-state index contributed by atoms with van der Waals surface area (Å²) in [5, 5.41) is 9.42. The Morgan fingerprint density at radius 2 is 2.10 bits per heavy atom. The van der Waals surface area contributed by atoms with Crippen molar-refractivity contribution in [3.05, 3.63) is 11.3 Å². The molecule has 1 aliphatic heterocycles. The second-order valence-electron chi connectivity index (χ2n) is 5.80. The number of hydrogen-bond acceptors (Lipinski definition) is 5. The van der Waals surface area contributed by atoms with E-state index in [4.69, 9.17) is 4.74 Å². The monoisotopic (exact) mass is 296 g/mol. The molecule has 0 unspecified atom stereocenters. The van der Waals surface area contributed by atoms with Gasteiger partial charge in [0.15, 0.2) is 5.82 Å². The zero-order valence-corrected chi connectivity index (χ0v) is 12.6. The summed E-state index contributed by atoms with van der Waals surface area (Å²) in [6.07, 6.45) is -0.339. The summed E-state index contributed by atoms with van der Waals surface area (Å²) in [5.41, 5.74) is 1.15. The molecule has 2 rings (SSSR count). The van der Waals surface area contributed by atoms with E-state index >= 15 is 0 Å². The van der Waals surface area contributed by atoms with Crippen molar-refractivity contribution in [3.8, 4) is 0 Å². The van der Waals surface area contributed by atoms with E-state index in [1.165, 1.54) is 7.11 Å². The predicted molar refractivity (Wildman–Crippen MR) is 75.0 cm³/mol. The topological polar surface area (TPSA) is 96.5 Å². The number of nitrogens with zero attached hydrogens (tertiary/aromatic N) is 2. The van der Waals surface area contributed by atoms with Crippen molar-refractivity contribution in [2.45, 2.75) is 39.3 Å². The normalized spacial score (nSPS) is 14.4. The Kier molecular flexibility index (Phi) is 4.06. The van der Waals surface area contributed by atoms with E-state index in [9.17, 15) is 9.59 Å². The lowest BCUT2D eigenvalue weighted by Crippen LogP contribution is -2.39. The highest BCUT2D eigenvalue weighted by atomic mass is 16.6. The fourth-order valence-electron chi connectivity index (χ4n) is 2.05. The van der Waals surface area contributed by atoms with Crippen LogP contribution in [0.4, 0.5) is 15.4 Å². The first kappa shape index (κ1) is 15.1. The Labute approximate surface area is 122 Å². The van der Waals surface area contributed by atoms with Crippen LogP contribution in [0.15, 0.2) is 0 Å². The highest BCUT2D eigenvalue weighted by molar-refractivity contribution is 5.84. The molecular weight excluding hydrogens is 276 g/mol. The molecule has 8 heteroatoms. The number of aromatic amines is 1. The van der Waals surface area contributed by atoms with E-state index in [0.29, 0.717) is 25.3 Å². The zero-order valence-electron chi connectivity index (χ0n) is 12.6. The third-order valence-electron chi connectivity index (χ3n) is 2.99. The van der Waals surface area contributed by atoms with Gasteiger partial charge in [-0.05, 0) is 27.2 Å². The van der Waals surface area contributed by atoms with Crippen molar-refractivity contribution < 1.29 is 19.1 Å². The molecule has 1 aliphatic rings. The Morgan fingerprint density at radius 1 is 1.38 bits per heavy atom. The first-order chi connectivity index (χ1) is 9.80. The maximum atomic E-state index is 12.0. The van der Waals surface area contributed by atoms with Crippen molar-refractivity contribution >= 4 is 18.0 Å². The number of carbonyl (C=O) groups excluding carboxylic acids is 2. The van der Waals surface area contributed by atoms with E-state index in [1.54, 1.807) is 4.90 Å². The van der Waals surface area contributed by atoms with Crippen molar-refractivity contribution in [2.24, 2.45) is 0 Å². The van der Waals surface area contributed by atoms with Crippen molar-refractivity contribution in [2.75, 3.05) is 19.0 Å². The highest BCUT2D eigenvalue weighted by Crippen LogP contribution is 2.24. The van der Waals surface area contributed by atoms with Crippen LogP contribution in [0.3, 0.4) is 0 Å². The zero-order chi connectivity index (χ0) is 15.6. The molecule has 2 heterocycles. The van der Waals surface area contributed by atoms with Crippen LogP contribution in [0.25, 0.3) is 0 Å². The molecule has 1 aromatic heterocycles. The van der Waals surface area contributed by atoms with Gasteiger partial charge in [-0.25, -0.2) is 9.59 Å².